The van der Waals surface area contributed by atoms with Gasteiger partial charge >= 0.3 is 6.36 Å². The number of hydrogen-bond donors (Lipinski definition) is 1. The zero-order chi connectivity index (χ0) is 22.9. The fourth-order valence-electron chi connectivity index (χ4n) is 3.89. The second-order valence-electron chi connectivity index (χ2n) is 7.80. The van der Waals surface area contributed by atoms with Gasteiger partial charge in [-0.2, -0.15) is 0 Å². The normalized spacial score (nSPS) is 14.2. The molecule has 0 spiro atoms. The van der Waals surface area contributed by atoms with Crippen LogP contribution in [0.4, 0.5) is 18.9 Å². The van der Waals surface area contributed by atoms with Crippen LogP contribution < -0.4 is 10.1 Å². The average Bonchev–Trinajstić information content (AvgIpc) is 3.05. The van der Waals surface area contributed by atoms with Crippen molar-refractivity contribution in [3.63, 3.8) is 0 Å². The van der Waals surface area contributed by atoms with E-state index in [4.69, 9.17) is 4.98 Å². The van der Waals surface area contributed by atoms with Crippen LogP contribution in [-0.2, 0) is 31.4 Å². The lowest BCUT2D eigenvalue weighted by Gasteiger charge is -2.27. The number of fused-ring (bicyclic) bond motifs is 1. The summed E-state index contributed by atoms with van der Waals surface area (Å²) >= 11 is 0. The summed E-state index contributed by atoms with van der Waals surface area (Å²) in [5, 5.41) is 2.76. The number of nitrogens with one attached hydrogen (secondary N) is 1. The predicted molar refractivity (Wildman–Crippen MR) is 114 cm³/mol. The van der Waals surface area contributed by atoms with E-state index in [1.165, 1.54) is 19.1 Å². The number of nitrogens with zero attached hydrogens (tertiary/aromatic N) is 3. The minimum Gasteiger partial charge on any atom is -0.406 e. The minimum absolute atomic E-state index is 0.101. The molecule has 1 aliphatic heterocycles. The van der Waals surface area contributed by atoms with Gasteiger partial charge in [-0.15, -0.1) is 13.2 Å². The zero-order valence-corrected chi connectivity index (χ0v) is 17.7. The lowest BCUT2D eigenvalue weighted by molar-refractivity contribution is -0.274. The Morgan fingerprint density at radius 1 is 1.12 bits per heavy atom. The first-order valence-electron chi connectivity index (χ1n) is 10.2. The molecule has 1 N–H and O–H groups in total. The number of anilines is 1. The molecule has 0 bridgehead atoms. The minimum atomic E-state index is -4.71. The van der Waals surface area contributed by atoms with Crippen LogP contribution >= 0.6 is 0 Å². The fraction of sp³-hybridized carbons (Fsp3) is 0.304. The molecule has 1 aromatic heterocycles. The van der Waals surface area contributed by atoms with Crippen LogP contribution in [0.1, 0.15) is 23.9 Å². The van der Waals surface area contributed by atoms with Crippen molar-refractivity contribution in [2.24, 2.45) is 7.05 Å². The Hall–Kier alpha value is -3.33. The summed E-state index contributed by atoms with van der Waals surface area (Å²) in [6.07, 6.45) is -3.92. The van der Waals surface area contributed by atoms with Gasteiger partial charge in [-0.1, -0.05) is 12.1 Å². The Bertz CT molecular complexity index is 1110. The molecule has 32 heavy (non-hydrogen) atoms. The molecular formula is C23H23F3N4O2. The van der Waals surface area contributed by atoms with Gasteiger partial charge in [0.1, 0.15) is 11.6 Å². The van der Waals surface area contributed by atoms with Gasteiger partial charge in [-0.25, -0.2) is 4.98 Å². The van der Waals surface area contributed by atoms with Crippen LogP contribution in [0.3, 0.4) is 0 Å². The zero-order valence-electron chi connectivity index (χ0n) is 17.7. The van der Waals surface area contributed by atoms with Gasteiger partial charge in [-0.3, -0.25) is 9.69 Å². The SMILES string of the molecule is CC(=O)Nc1ccc(CN2CCc3nc(-c4ccc(OC(F)(F)F)cc4)n(C)c3C2)cc1. The van der Waals surface area contributed by atoms with E-state index in [1.54, 1.807) is 12.1 Å². The first-order valence-corrected chi connectivity index (χ1v) is 10.2. The smallest absolute Gasteiger partial charge is 0.406 e. The summed E-state index contributed by atoms with van der Waals surface area (Å²) in [5.74, 6) is 0.363. The molecule has 0 unspecified atom stereocenters. The number of carbonyl (C=O) groups excluding carboxylic acids is 1. The molecule has 168 valence electrons. The van der Waals surface area contributed by atoms with Crippen molar-refractivity contribution in [1.29, 1.82) is 0 Å². The Balaban J connectivity index is 1.46. The van der Waals surface area contributed by atoms with Crippen molar-refractivity contribution < 1.29 is 22.7 Å². The molecule has 9 heteroatoms. The molecule has 0 radical (unpaired) electrons. The van der Waals surface area contributed by atoms with Crippen molar-refractivity contribution in [1.82, 2.24) is 14.5 Å². The van der Waals surface area contributed by atoms with E-state index >= 15 is 0 Å². The molecule has 0 atom stereocenters. The second kappa shape index (κ2) is 8.66. The van der Waals surface area contributed by atoms with E-state index in [2.05, 4.69) is 15.0 Å². The van der Waals surface area contributed by atoms with Gasteiger partial charge in [0, 0.05) is 51.3 Å². The number of rotatable bonds is 5. The first kappa shape index (κ1) is 21.9. The summed E-state index contributed by atoms with van der Waals surface area (Å²) < 4.78 is 43.1. The van der Waals surface area contributed by atoms with Crippen LogP contribution in [0.25, 0.3) is 11.4 Å². The highest BCUT2D eigenvalue weighted by atomic mass is 19.4. The third-order valence-electron chi connectivity index (χ3n) is 5.36. The third kappa shape index (κ3) is 5.11. The van der Waals surface area contributed by atoms with Crippen molar-refractivity contribution in [3.05, 3.63) is 65.5 Å². The number of ether oxygens (including phenoxy) is 1. The number of aromatic nitrogens is 2. The van der Waals surface area contributed by atoms with E-state index in [1.807, 2.05) is 35.9 Å². The highest BCUT2D eigenvalue weighted by Gasteiger charge is 2.31. The molecule has 1 amide bonds. The molecular weight excluding hydrogens is 421 g/mol. The Morgan fingerprint density at radius 3 is 2.44 bits per heavy atom. The summed E-state index contributed by atoms with van der Waals surface area (Å²) in [4.78, 5) is 18.2. The van der Waals surface area contributed by atoms with Crippen LogP contribution in [0.15, 0.2) is 48.5 Å². The maximum atomic E-state index is 12.4. The molecule has 2 heterocycles. The Morgan fingerprint density at radius 2 is 1.81 bits per heavy atom. The highest BCUT2D eigenvalue weighted by molar-refractivity contribution is 5.88. The maximum Gasteiger partial charge on any atom is 0.573 e. The lowest BCUT2D eigenvalue weighted by atomic mass is 10.1. The molecule has 1 aliphatic rings. The standard InChI is InChI=1S/C23H23F3N4O2/c1-15(31)27-18-7-3-16(4-8-18)13-30-12-11-20-21(14-30)29(2)22(28-20)17-5-9-19(10-6-17)32-23(24,25)26/h3-10H,11-14H2,1-2H3,(H,27,31). The molecule has 4 rings (SSSR count). The topological polar surface area (TPSA) is 59.4 Å². The summed E-state index contributed by atoms with van der Waals surface area (Å²) in [6.45, 7) is 3.83. The van der Waals surface area contributed by atoms with Crippen LogP contribution in [0.5, 0.6) is 5.75 Å². The molecule has 0 saturated carbocycles. The number of alkyl halides is 3. The van der Waals surface area contributed by atoms with E-state index in [0.717, 1.165) is 60.1 Å². The summed E-state index contributed by atoms with van der Waals surface area (Å²) in [5.41, 5.74) is 4.75. The van der Waals surface area contributed by atoms with Crippen LogP contribution in [0, 0.1) is 0 Å². The molecule has 6 nitrogen and oxygen atoms in total. The highest BCUT2D eigenvalue weighted by Crippen LogP contribution is 2.29. The van der Waals surface area contributed by atoms with Crippen LogP contribution in [-0.4, -0.2) is 33.3 Å². The Labute approximate surface area is 183 Å². The number of carbonyl (C=O) groups is 1. The monoisotopic (exact) mass is 444 g/mol. The number of imidazole rings is 1. The summed E-state index contributed by atoms with van der Waals surface area (Å²) in [6, 6.07) is 13.5. The molecule has 0 fully saturated rings. The number of halogens is 3. The van der Waals surface area contributed by atoms with E-state index in [-0.39, 0.29) is 11.7 Å². The average molecular weight is 444 g/mol. The Kier molecular flexibility index (Phi) is 5.92. The van der Waals surface area contributed by atoms with Gasteiger partial charge in [0.2, 0.25) is 5.91 Å². The third-order valence-corrected chi connectivity index (χ3v) is 5.36. The maximum absolute atomic E-state index is 12.4. The quantitative estimate of drug-likeness (QED) is 0.630. The summed E-state index contributed by atoms with van der Waals surface area (Å²) in [7, 11) is 1.92. The number of hydrogen-bond acceptors (Lipinski definition) is 4. The van der Waals surface area contributed by atoms with Crippen LogP contribution in [0.2, 0.25) is 0 Å². The fourth-order valence-corrected chi connectivity index (χ4v) is 3.89. The van der Waals surface area contributed by atoms with Gasteiger partial charge in [0.15, 0.2) is 0 Å². The number of benzene rings is 2. The predicted octanol–water partition coefficient (Wildman–Crippen LogP) is 4.50. The molecule has 3 aromatic rings. The van der Waals surface area contributed by atoms with E-state index in [0.29, 0.717) is 0 Å². The van der Waals surface area contributed by atoms with Crippen molar-refractivity contribution >= 4 is 11.6 Å². The van der Waals surface area contributed by atoms with Crippen molar-refractivity contribution in [2.45, 2.75) is 32.8 Å². The van der Waals surface area contributed by atoms with Gasteiger partial charge in [-0.05, 0) is 42.0 Å². The van der Waals surface area contributed by atoms with Gasteiger partial charge < -0.3 is 14.6 Å². The molecule has 0 aliphatic carbocycles. The number of amides is 1. The molecule has 2 aromatic carbocycles. The largest absolute Gasteiger partial charge is 0.573 e. The first-order chi connectivity index (χ1) is 15.2. The molecule has 0 saturated heterocycles. The van der Waals surface area contributed by atoms with Gasteiger partial charge in [0.05, 0.1) is 11.4 Å². The van der Waals surface area contributed by atoms with Crippen molar-refractivity contribution in [3.8, 4) is 17.1 Å². The van der Waals surface area contributed by atoms with Gasteiger partial charge in [0.25, 0.3) is 0 Å². The van der Waals surface area contributed by atoms with E-state index < -0.39 is 6.36 Å². The second-order valence-corrected chi connectivity index (χ2v) is 7.80. The van der Waals surface area contributed by atoms with E-state index in [9.17, 15) is 18.0 Å². The lowest BCUT2D eigenvalue weighted by Crippen LogP contribution is -2.31. The van der Waals surface area contributed by atoms with Crippen molar-refractivity contribution in [2.75, 3.05) is 11.9 Å².